The fraction of sp³-hybridized carbons (Fsp3) is 0.241. The molecule has 6 rings (SSSR count). The standard InChI is InChI=1S/C29H27N3O4/c1-5-32(6-2)23-17-24-22(16-25(23)34-19-12-8-7-9-13-19)29(26-18(3)30-31(4)27(26)35-24)21-15-11-10-14-20(21)28(33)36-29/h7-17H,5-6H2,1-4H3. The SMILES string of the molecule is CCN(CC)c1cc2c(cc1Oc1ccccc1)C1(OC(=O)c3ccccc31)c1c(C)nn(C)c1O2. The van der Waals surface area contributed by atoms with Gasteiger partial charge in [-0.3, -0.25) is 0 Å². The summed E-state index contributed by atoms with van der Waals surface area (Å²) in [6.07, 6.45) is 0. The quantitative estimate of drug-likeness (QED) is 0.329. The van der Waals surface area contributed by atoms with Crippen LogP contribution in [0.1, 0.15) is 46.6 Å². The van der Waals surface area contributed by atoms with Gasteiger partial charge in [-0.05, 0) is 45.0 Å². The number of fused-ring (bicyclic) bond motifs is 6. The third kappa shape index (κ3) is 3.05. The molecule has 0 radical (unpaired) electrons. The number of para-hydroxylation sites is 1. The topological polar surface area (TPSA) is 65.8 Å². The van der Waals surface area contributed by atoms with Gasteiger partial charge in [0.05, 0.1) is 28.1 Å². The minimum atomic E-state index is -1.19. The molecule has 2 aliphatic heterocycles. The molecule has 7 nitrogen and oxygen atoms in total. The van der Waals surface area contributed by atoms with Crippen LogP contribution in [0, 0.1) is 6.92 Å². The maximum atomic E-state index is 13.2. The number of rotatable bonds is 5. The normalized spacial score (nSPS) is 17.2. The van der Waals surface area contributed by atoms with Crippen LogP contribution in [-0.2, 0) is 17.4 Å². The predicted octanol–water partition coefficient (Wildman–Crippen LogP) is 5.94. The van der Waals surface area contributed by atoms with Gasteiger partial charge < -0.3 is 19.1 Å². The van der Waals surface area contributed by atoms with Crippen LogP contribution in [0.3, 0.4) is 0 Å². The number of esters is 1. The number of anilines is 1. The minimum Gasteiger partial charge on any atom is -0.455 e. The number of hydrogen-bond acceptors (Lipinski definition) is 6. The molecule has 0 bridgehead atoms. The van der Waals surface area contributed by atoms with Crippen LogP contribution < -0.4 is 14.4 Å². The van der Waals surface area contributed by atoms with E-state index in [1.54, 1.807) is 10.7 Å². The van der Waals surface area contributed by atoms with Crippen molar-refractivity contribution in [2.45, 2.75) is 26.4 Å². The van der Waals surface area contributed by atoms with E-state index in [4.69, 9.17) is 14.2 Å². The molecule has 36 heavy (non-hydrogen) atoms. The number of benzene rings is 3. The van der Waals surface area contributed by atoms with Gasteiger partial charge in [0.15, 0.2) is 11.4 Å². The summed E-state index contributed by atoms with van der Waals surface area (Å²) in [6, 6.07) is 21.2. The summed E-state index contributed by atoms with van der Waals surface area (Å²) in [5.74, 6) is 2.19. The van der Waals surface area contributed by atoms with Gasteiger partial charge in [0.2, 0.25) is 5.88 Å². The second-order valence-electron chi connectivity index (χ2n) is 9.01. The number of carbonyl (C=O) groups excluding carboxylic acids is 1. The molecule has 0 fully saturated rings. The first kappa shape index (κ1) is 22.2. The summed E-state index contributed by atoms with van der Waals surface area (Å²) in [5.41, 5.74) is 3.21. The Hall–Kier alpha value is -4.26. The van der Waals surface area contributed by atoms with Crippen molar-refractivity contribution < 1.29 is 19.0 Å². The summed E-state index contributed by atoms with van der Waals surface area (Å²) >= 11 is 0. The van der Waals surface area contributed by atoms with E-state index in [2.05, 4.69) is 23.8 Å². The Labute approximate surface area is 209 Å². The Morgan fingerprint density at radius 3 is 2.47 bits per heavy atom. The lowest BCUT2D eigenvalue weighted by molar-refractivity contribution is 0.0220. The smallest absolute Gasteiger partial charge is 0.340 e. The van der Waals surface area contributed by atoms with E-state index in [1.165, 1.54) is 0 Å². The van der Waals surface area contributed by atoms with Crippen LogP contribution in [-0.4, -0.2) is 28.8 Å². The first-order valence-electron chi connectivity index (χ1n) is 12.2. The van der Waals surface area contributed by atoms with Gasteiger partial charge in [0, 0.05) is 31.8 Å². The second-order valence-corrected chi connectivity index (χ2v) is 9.01. The Morgan fingerprint density at radius 2 is 1.72 bits per heavy atom. The van der Waals surface area contributed by atoms with Crippen LogP contribution >= 0.6 is 0 Å². The monoisotopic (exact) mass is 481 g/mol. The molecule has 7 heteroatoms. The third-order valence-corrected chi connectivity index (χ3v) is 7.02. The highest BCUT2D eigenvalue weighted by Gasteiger charge is 2.56. The first-order valence-corrected chi connectivity index (χ1v) is 12.2. The average molecular weight is 482 g/mol. The van der Waals surface area contributed by atoms with Crippen molar-refractivity contribution >= 4 is 11.7 Å². The Balaban J connectivity index is 1.66. The van der Waals surface area contributed by atoms with Crippen molar-refractivity contribution in [2.75, 3.05) is 18.0 Å². The van der Waals surface area contributed by atoms with Crippen molar-refractivity contribution in [1.29, 1.82) is 0 Å². The number of ether oxygens (including phenoxy) is 3. The van der Waals surface area contributed by atoms with Crippen LogP contribution in [0.4, 0.5) is 5.69 Å². The van der Waals surface area contributed by atoms with Gasteiger partial charge in [-0.25, -0.2) is 9.48 Å². The van der Waals surface area contributed by atoms with Crippen molar-refractivity contribution in [3.8, 4) is 23.1 Å². The van der Waals surface area contributed by atoms with Gasteiger partial charge in [0.1, 0.15) is 11.5 Å². The predicted molar refractivity (Wildman–Crippen MR) is 136 cm³/mol. The van der Waals surface area contributed by atoms with E-state index in [0.29, 0.717) is 28.5 Å². The number of carbonyl (C=O) groups is 1. The molecule has 3 aromatic carbocycles. The van der Waals surface area contributed by atoms with Crippen molar-refractivity contribution in [2.24, 2.45) is 7.05 Å². The van der Waals surface area contributed by atoms with Gasteiger partial charge in [-0.1, -0.05) is 36.4 Å². The maximum absolute atomic E-state index is 13.2. The molecule has 1 spiro atoms. The summed E-state index contributed by atoms with van der Waals surface area (Å²) < 4.78 is 20.9. The molecule has 0 N–H and O–H groups in total. The summed E-state index contributed by atoms with van der Waals surface area (Å²) in [6.45, 7) is 7.71. The minimum absolute atomic E-state index is 0.369. The first-order chi connectivity index (χ1) is 17.5. The fourth-order valence-electron chi connectivity index (χ4n) is 5.42. The molecule has 0 aliphatic carbocycles. The lowest BCUT2D eigenvalue weighted by Gasteiger charge is -2.36. The zero-order valence-corrected chi connectivity index (χ0v) is 20.7. The zero-order valence-electron chi connectivity index (χ0n) is 20.7. The largest absolute Gasteiger partial charge is 0.455 e. The van der Waals surface area contributed by atoms with Gasteiger partial charge >= 0.3 is 5.97 Å². The van der Waals surface area contributed by atoms with Gasteiger partial charge in [0.25, 0.3) is 0 Å². The molecule has 0 saturated carbocycles. The summed E-state index contributed by atoms with van der Waals surface area (Å²) in [7, 11) is 1.84. The molecule has 4 aromatic rings. The molecular formula is C29H27N3O4. The molecule has 0 amide bonds. The summed E-state index contributed by atoms with van der Waals surface area (Å²) in [4.78, 5) is 15.4. The van der Waals surface area contributed by atoms with Gasteiger partial charge in [-0.15, -0.1) is 0 Å². The molecule has 182 valence electrons. The maximum Gasteiger partial charge on any atom is 0.340 e. The van der Waals surface area contributed by atoms with E-state index >= 15 is 0 Å². The van der Waals surface area contributed by atoms with E-state index in [1.807, 2.05) is 74.6 Å². The summed E-state index contributed by atoms with van der Waals surface area (Å²) in [5, 5.41) is 4.63. The molecular weight excluding hydrogens is 454 g/mol. The Kier molecular flexibility index (Phi) is 5.03. The van der Waals surface area contributed by atoms with E-state index in [9.17, 15) is 4.79 Å². The highest BCUT2D eigenvalue weighted by molar-refractivity contribution is 5.97. The third-order valence-electron chi connectivity index (χ3n) is 7.02. The van der Waals surface area contributed by atoms with Gasteiger partial charge in [-0.2, -0.15) is 5.10 Å². The van der Waals surface area contributed by atoms with E-state index in [0.717, 1.165) is 41.3 Å². The van der Waals surface area contributed by atoms with E-state index < -0.39 is 5.60 Å². The van der Waals surface area contributed by atoms with Crippen molar-refractivity contribution in [3.63, 3.8) is 0 Å². The Bertz CT molecular complexity index is 1490. The van der Waals surface area contributed by atoms with Crippen molar-refractivity contribution in [3.05, 3.63) is 94.7 Å². The lowest BCUT2D eigenvalue weighted by Crippen LogP contribution is -2.34. The Morgan fingerprint density at radius 1 is 1.00 bits per heavy atom. The van der Waals surface area contributed by atoms with Crippen LogP contribution in [0.15, 0.2) is 66.7 Å². The fourth-order valence-corrected chi connectivity index (χ4v) is 5.42. The number of nitrogens with zero attached hydrogens (tertiary/aromatic N) is 3. The molecule has 1 atom stereocenters. The zero-order chi connectivity index (χ0) is 25.0. The molecule has 2 aliphatic rings. The van der Waals surface area contributed by atoms with Crippen LogP contribution in [0.5, 0.6) is 23.1 Å². The van der Waals surface area contributed by atoms with Crippen LogP contribution in [0.2, 0.25) is 0 Å². The molecule has 0 saturated heterocycles. The van der Waals surface area contributed by atoms with E-state index in [-0.39, 0.29) is 5.97 Å². The highest BCUT2D eigenvalue weighted by Crippen LogP contribution is 2.58. The second kappa shape index (κ2) is 8.16. The number of aromatic nitrogens is 2. The van der Waals surface area contributed by atoms with Crippen LogP contribution in [0.25, 0.3) is 0 Å². The number of aryl methyl sites for hydroxylation is 2. The highest BCUT2D eigenvalue weighted by atomic mass is 16.6. The van der Waals surface area contributed by atoms with Crippen molar-refractivity contribution in [1.82, 2.24) is 9.78 Å². The average Bonchev–Trinajstić information content (AvgIpc) is 3.34. The number of hydrogen-bond donors (Lipinski definition) is 0. The lowest BCUT2D eigenvalue weighted by atomic mass is 9.78. The molecule has 1 aromatic heterocycles. The molecule has 1 unspecified atom stereocenters. The molecule has 3 heterocycles.